The van der Waals surface area contributed by atoms with Crippen LogP contribution < -0.4 is 5.43 Å². The van der Waals surface area contributed by atoms with Crippen LogP contribution in [0, 0.1) is 5.82 Å². The summed E-state index contributed by atoms with van der Waals surface area (Å²) < 4.78 is 13.6. The van der Waals surface area contributed by atoms with Crippen molar-refractivity contribution in [3.8, 4) is 0 Å². The Morgan fingerprint density at radius 1 is 1.41 bits per heavy atom. The first-order chi connectivity index (χ1) is 8.08. The molecule has 17 heavy (non-hydrogen) atoms. The SMILES string of the molecule is CC1CCCC(C)N1Nc1ncc(Cl)cc1F. The molecule has 0 saturated carbocycles. The van der Waals surface area contributed by atoms with Crippen molar-refractivity contribution in [3.05, 3.63) is 23.1 Å². The van der Waals surface area contributed by atoms with Gasteiger partial charge in [-0.05, 0) is 32.8 Å². The van der Waals surface area contributed by atoms with E-state index in [2.05, 4.69) is 29.3 Å². The normalized spacial score (nSPS) is 25.9. The summed E-state index contributed by atoms with van der Waals surface area (Å²) in [5.74, 6) is -0.169. The van der Waals surface area contributed by atoms with Crippen molar-refractivity contribution < 1.29 is 4.39 Å². The summed E-state index contributed by atoms with van der Waals surface area (Å²) in [5.41, 5.74) is 3.06. The van der Waals surface area contributed by atoms with Gasteiger partial charge in [0.05, 0.1) is 5.02 Å². The summed E-state index contributed by atoms with van der Waals surface area (Å²) in [6.07, 6.45) is 4.91. The maximum absolute atomic E-state index is 13.6. The largest absolute Gasteiger partial charge is 0.300 e. The number of hydrogen-bond acceptors (Lipinski definition) is 3. The molecule has 1 fully saturated rings. The third-order valence-electron chi connectivity index (χ3n) is 3.24. The van der Waals surface area contributed by atoms with Crippen LogP contribution in [0.2, 0.25) is 5.02 Å². The van der Waals surface area contributed by atoms with Crippen molar-refractivity contribution >= 4 is 17.4 Å². The van der Waals surface area contributed by atoms with Crippen molar-refractivity contribution in [1.29, 1.82) is 0 Å². The van der Waals surface area contributed by atoms with Gasteiger partial charge in [-0.15, -0.1) is 0 Å². The monoisotopic (exact) mass is 257 g/mol. The van der Waals surface area contributed by atoms with Gasteiger partial charge in [0, 0.05) is 18.3 Å². The zero-order chi connectivity index (χ0) is 12.4. The second-order valence-electron chi connectivity index (χ2n) is 4.63. The lowest BCUT2D eigenvalue weighted by atomic mass is 10.00. The molecule has 0 bridgehead atoms. The van der Waals surface area contributed by atoms with E-state index in [1.807, 2.05) is 0 Å². The first kappa shape index (κ1) is 12.6. The molecular formula is C12H17ClFN3. The van der Waals surface area contributed by atoms with Crippen LogP contribution in [0.4, 0.5) is 10.2 Å². The summed E-state index contributed by atoms with van der Waals surface area (Å²) in [4.78, 5) is 3.98. The summed E-state index contributed by atoms with van der Waals surface area (Å²) in [6, 6.07) is 2.04. The van der Waals surface area contributed by atoms with Crippen molar-refractivity contribution in [2.24, 2.45) is 0 Å². The molecule has 1 N–H and O–H groups in total. The maximum atomic E-state index is 13.6. The molecule has 1 aromatic rings. The molecule has 0 spiro atoms. The molecule has 3 nitrogen and oxygen atoms in total. The Morgan fingerprint density at radius 3 is 2.65 bits per heavy atom. The Balaban J connectivity index is 2.13. The molecule has 1 saturated heterocycles. The van der Waals surface area contributed by atoms with Crippen LogP contribution in [-0.2, 0) is 0 Å². The minimum atomic E-state index is -0.414. The second-order valence-corrected chi connectivity index (χ2v) is 5.07. The van der Waals surface area contributed by atoms with Crippen molar-refractivity contribution in [1.82, 2.24) is 9.99 Å². The highest BCUT2D eigenvalue weighted by molar-refractivity contribution is 6.30. The zero-order valence-corrected chi connectivity index (χ0v) is 10.8. The van der Waals surface area contributed by atoms with Gasteiger partial charge in [0.2, 0.25) is 0 Å². The van der Waals surface area contributed by atoms with Gasteiger partial charge < -0.3 is 5.43 Å². The lowest BCUT2D eigenvalue weighted by molar-refractivity contribution is 0.134. The molecule has 2 atom stereocenters. The van der Waals surface area contributed by atoms with E-state index in [0.29, 0.717) is 17.1 Å². The van der Waals surface area contributed by atoms with Gasteiger partial charge in [-0.3, -0.25) is 0 Å². The van der Waals surface area contributed by atoms with E-state index in [1.54, 1.807) is 0 Å². The molecule has 1 aromatic heterocycles. The molecule has 2 rings (SSSR count). The molecule has 0 amide bonds. The number of hydrogen-bond donors (Lipinski definition) is 1. The molecule has 0 radical (unpaired) electrons. The van der Waals surface area contributed by atoms with Crippen LogP contribution in [0.5, 0.6) is 0 Å². The number of nitrogens with zero attached hydrogens (tertiary/aromatic N) is 2. The number of pyridine rings is 1. The summed E-state index contributed by atoms with van der Waals surface area (Å²) in [6.45, 7) is 4.27. The Morgan fingerprint density at radius 2 is 2.06 bits per heavy atom. The van der Waals surface area contributed by atoms with Crippen LogP contribution >= 0.6 is 11.6 Å². The highest BCUT2D eigenvalue weighted by Crippen LogP contribution is 2.24. The molecule has 1 aliphatic rings. The van der Waals surface area contributed by atoms with E-state index in [-0.39, 0.29) is 5.82 Å². The first-order valence-electron chi connectivity index (χ1n) is 5.94. The van der Waals surface area contributed by atoms with Gasteiger partial charge in [-0.25, -0.2) is 14.4 Å². The van der Waals surface area contributed by atoms with Crippen LogP contribution in [0.3, 0.4) is 0 Å². The van der Waals surface area contributed by atoms with Crippen LogP contribution in [-0.4, -0.2) is 22.1 Å². The molecule has 94 valence electrons. The van der Waals surface area contributed by atoms with E-state index < -0.39 is 5.82 Å². The Hall–Kier alpha value is -0.870. The van der Waals surface area contributed by atoms with Crippen molar-refractivity contribution in [3.63, 3.8) is 0 Å². The Kier molecular flexibility index (Phi) is 3.84. The number of nitrogens with one attached hydrogen (secondary N) is 1. The summed E-state index contributed by atoms with van der Waals surface area (Å²) >= 11 is 5.67. The minimum Gasteiger partial charge on any atom is -0.300 e. The van der Waals surface area contributed by atoms with Gasteiger partial charge in [-0.2, -0.15) is 0 Å². The molecule has 0 aliphatic carbocycles. The minimum absolute atomic E-state index is 0.245. The number of piperidine rings is 1. The predicted octanol–water partition coefficient (Wildman–Crippen LogP) is 3.46. The fourth-order valence-corrected chi connectivity index (χ4v) is 2.41. The van der Waals surface area contributed by atoms with E-state index in [0.717, 1.165) is 12.8 Å². The number of halogens is 2. The number of rotatable bonds is 2. The Bertz CT molecular complexity index is 389. The fraction of sp³-hybridized carbons (Fsp3) is 0.583. The fourth-order valence-electron chi connectivity index (χ4n) is 2.26. The third kappa shape index (κ3) is 2.87. The molecule has 5 heteroatoms. The van der Waals surface area contributed by atoms with E-state index in [9.17, 15) is 4.39 Å². The lowest BCUT2D eigenvalue weighted by Gasteiger charge is -2.39. The lowest BCUT2D eigenvalue weighted by Crippen LogP contribution is -2.47. The number of aromatic nitrogens is 1. The standard InChI is InChI=1S/C12H17ClFN3/c1-8-4-3-5-9(2)17(8)16-12-11(14)6-10(13)7-15-12/h6-9H,3-5H2,1-2H3,(H,15,16). The third-order valence-corrected chi connectivity index (χ3v) is 3.44. The van der Waals surface area contributed by atoms with Gasteiger partial charge in [0.1, 0.15) is 0 Å². The quantitative estimate of drug-likeness (QED) is 0.879. The zero-order valence-electron chi connectivity index (χ0n) is 10.1. The molecule has 2 unspecified atom stereocenters. The predicted molar refractivity (Wildman–Crippen MR) is 67.4 cm³/mol. The van der Waals surface area contributed by atoms with Crippen LogP contribution in [0.25, 0.3) is 0 Å². The average Bonchev–Trinajstić information content (AvgIpc) is 2.26. The van der Waals surface area contributed by atoms with E-state index >= 15 is 0 Å². The van der Waals surface area contributed by atoms with E-state index in [4.69, 9.17) is 11.6 Å². The smallest absolute Gasteiger partial charge is 0.176 e. The molecular weight excluding hydrogens is 241 g/mol. The van der Waals surface area contributed by atoms with Crippen molar-refractivity contribution in [2.45, 2.75) is 45.2 Å². The van der Waals surface area contributed by atoms with Gasteiger partial charge >= 0.3 is 0 Å². The summed E-state index contributed by atoms with van der Waals surface area (Å²) in [7, 11) is 0. The van der Waals surface area contributed by atoms with Gasteiger partial charge in [0.15, 0.2) is 11.6 Å². The number of anilines is 1. The average molecular weight is 258 g/mol. The van der Waals surface area contributed by atoms with Crippen LogP contribution in [0.1, 0.15) is 33.1 Å². The van der Waals surface area contributed by atoms with E-state index in [1.165, 1.54) is 18.7 Å². The topological polar surface area (TPSA) is 28.2 Å². The molecule has 2 heterocycles. The number of hydrazine groups is 1. The molecule has 1 aliphatic heterocycles. The summed E-state index contributed by atoms with van der Waals surface area (Å²) in [5, 5.41) is 2.39. The second kappa shape index (κ2) is 5.19. The van der Waals surface area contributed by atoms with Gasteiger partial charge in [-0.1, -0.05) is 18.0 Å². The van der Waals surface area contributed by atoms with Crippen LogP contribution in [0.15, 0.2) is 12.3 Å². The first-order valence-corrected chi connectivity index (χ1v) is 6.31. The maximum Gasteiger partial charge on any atom is 0.176 e. The highest BCUT2D eigenvalue weighted by atomic mass is 35.5. The van der Waals surface area contributed by atoms with Gasteiger partial charge in [0.25, 0.3) is 0 Å². The Labute approximate surface area is 106 Å². The van der Waals surface area contributed by atoms with Crippen molar-refractivity contribution in [2.75, 3.05) is 5.43 Å². The molecule has 0 aromatic carbocycles. The highest BCUT2D eigenvalue weighted by Gasteiger charge is 2.25.